The predicted octanol–water partition coefficient (Wildman–Crippen LogP) is 13.0. The summed E-state index contributed by atoms with van der Waals surface area (Å²) in [4.78, 5) is 25.3. The summed E-state index contributed by atoms with van der Waals surface area (Å²) >= 11 is 0. The number of phosphoric acid groups is 1. The second-order valence-electron chi connectivity index (χ2n) is 17.5. The Hall–Kier alpha value is -1.54. The van der Waals surface area contributed by atoms with E-state index in [1.807, 2.05) is 27.2 Å². The Labute approximate surface area is 359 Å². The van der Waals surface area contributed by atoms with Gasteiger partial charge in [-0.05, 0) is 57.8 Å². The van der Waals surface area contributed by atoms with Gasteiger partial charge in [-0.3, -0.25) is 9.36 Å². The van der Waals surface area contributed by atoms with Crippen molar-refractivity contribution in [2.24, 2.45) is 0 Å². The van der Waals surface area contributed by atoms with Gasteiger partial charge in [0.05, 0.1) is 39.9 Å². The van der Waals surface area contributed by atoms with Crippen LogP contribution >= 0.6 is 7.82 Å². The number of phosphoric ester groups is 1. The van der Waals surface area contributed by atoms with E-state index in [1.165, 1.54) is 135 Å². The zero-order chi connectivity index (χ0) is 42.8. The molecule has 0 aromatic heterocycles. The molecule has 0 heterocycles. The normalized spacial score (nSPS) is 14.7. The Balaban J connectivity index is 4.13. The topological polar surface area (TPSA) is 108 Å². The average molecular weight is 837 g/mol. The summed E-state index contributed by atoms with van der Waals surface area (Å²) in [5, 5.41) is 13.7. The number of quaternary nitrogens is 1. The molecule has 0 aliphatic rings. The summed E-state index contributed by atoms with van der Waals surface area (Å²) in [6.45, 7) is 4.59. The molecule has 0 rings (SSSR count). The van der Waals surface area contributed by atoms with Crippen LogP contribution in [0.4, 0.5) is 0 Å². The fourth-order valence-electron chi connectivity index (χ4n) is 6.69. The molecule has 0 bridgehead atoms. The first-order valence-corrected chi connectivity index (χ1v) is 25.5. The number of aliphatic hydroxyl groups is 1. The lowest BCUT2D eigenvalue weighted by Gasteiger charge is -2.29. The Morgan fingerprint density at radius 1 is 0.603 bits per heavy atom. The minimum absolute atomic E-state index is 0.00257. The van der Waals surface area contributed by atoms with Gasteiger partial charge in [0.15, 0.2) is 0 Å². The molecule has 0 aliphatic heterocycles. The molecule has 0 radical (unpaired) electrons. The minimum atomic E-state index is -4.58. The number of rotatable bonds is 43. The van der Waals surface area contributed by atoms with Gasteiger partial charge in [-0.1, -0.05) is 191 Å². The van der Waals surface area contributed by atoms with Gasteiger partial charge in [-0.15, -0.1) is 0 Å². The first-order chi connectivity index (χ1) is 28.0. The number of hydrogen-bond donors (Lipinski definition) is 2. The molecule has 1 amide bonds. The van der Waals surface area contributed by atoms with Crippen LogP contribution in [-0.4, -0.2) is 68.5 Å². The minimum Gasteiger partial charge on any atom is -0.756 e. The number of nitrogens with one attached hydrogen (secondary N) is 1. The zero-order valence-corrected chi connectivity index (χ0v) is 39.4. The van der Waals surface area contributed by atoms with E-state index < -0.39 is 20.0 Å². The molecular weight excluding hydrogens is 744 g/mol. The molecule has 2 N–H and O–H groups in total. The van der Waals surface area contributed by atoms with Crippen molar-refractivity contribution in [1.82, 2.24) is 5.32 Å². The molecule has 0 saturated carbocycles. The van der Waals surface area contributed by atoms with E-state index in [9.17, 15) is 19.4 Å². The maximum absolute atomic E-state index is 12.8. The van der Waals surface area contributed by atoms with Crippen molar-refractivity contribution < 1.29 is 32.9 Å². The van der Waals surface area contributed by atoms with Crippen LogP contribution in [0.15, 0.2) is 48.6 Å². The van der Waals surface area contributed by atoms with Crippen LogP contribution < -0.4 is 10.2 Å². The Bertz CT molecular complexity index is 1090. The largest absolute Gasteiger partial charge is 0.756 e. The molecule has 0 aromatic rings. The maximum Gasteiger partial charge on any atom is 0.268 e. The SMILES string of the molecule is CCCCCCC/C=C\C/C=C\C/C=C\CCCCCCCCCCCCCCC(=O)NC(COP(=O)([O-])OCC[N+](C)(C)C)C(O)/C=C/CCCCCCCCC. The number of unbranched alkanes of at least 4 members (excludes halogenated alkanes) is 24. The van der Waals surface area contributed by atoms with Gasteiger partial charge >= 0.3 is 0 Å². The number of nitrogens with zero attached hydrogens (tertiary/aromatic N) is 1. The van der Waals surface area contributed by atoms with E-state index in [0.717, 1.165) is 51.4 Å². The van der Waals surface area contributed by atoms with Crippen LogP contribution in [-0.2, 0) is 18.4 Å². The third kappa shape index (κ3) is 42.6. The van der Waals surface area contributed by atoms with Gasteiger partial charge < -0.3 is 28.8 Å². The standard InChI is InChI=1S/C49H93N2O6P/c1-6-8-10-12-14-16-17-18-19-20-21-22-23-24-25-26-27-28-29-30-31-32-33-35-37-39-41-43-49(53)50-47(46-57-58(54,55)56-45-44-51(3,4)5)48(52)42-40-38-36-34-15-13-11-9-7-2/h17-18,20-21,23-24,40,42,47-48,52H,6-16,19,22,25-39,41,43-46H2,1-5H3,(H-,50,53,54,55)/b18-17-,21-20-,24-23-,42-40+. The summed E-state index contributed by atoms with van der Waals surface area (Å²) in [5.41, 5.74) is 0. The Morgan fingerprint density at radius 3 is 1.45 bits per heavy atom. The number of carbonyl (C=O) groups excluding carboxylic acids is 1. The van der Waals surface area contributed by atoms with E-state index in [4.69, 9.17) is 9.05 Å². The summed E-state index contributed by atoms with van der Waals surface area (Å²) in [6, 6.07) is -0.885. The van der Waals surface area contributed by atoms with Crippen molar-refractivity contribution in [3.63, 3.8) is 0 Å². The molecular formula is C49H93N2O6P. The summed E-state index contributed by atoms with van der Waals surface area (Å²) in [6.07, 6.45) is 51.8. The quantitative estimate of drug-likeness (QED) is 0.0274. The highest BCUT2D eigenvalue weighted by Crippen LogP contribution is 2.38. The highest BCUT2D eigenvalue weighted by molar-refractivity contribution is 7.45. The highest BCUT2D eigenvalue weighted by Gasteiger charge is 2.23. The molecule has 9 heteroatoms. The average Bonchev–Trinajstić information content (AvgIpc) is 3.17. The lowest BCUT2D eigenvalue weighted by molar-refractivity contribution is -0.870. The van der Waals surface area contributed by atoms with Crippen molar-refractivity contribution in [1.29, 1.82) is 0 Å². The molecule has 3 atom stereocenters. The van der Waals surface area contributed by atoms with Crippen LogP contribution in [0.25, 0.3) is 0 Å². The molecule has 0 aliphatic carbocycles. The van der Waals surface area contributed by atoms with Crippen LogP contribution in [0.1, 0.15) is 206 Å². The number of likely N-dealkylation sites (N-methyl/N-ethyl adjacent to an activating group) is 1. The number of hydrogen-bond acceptors (Lipinski definition) is 6. The van der Waals surface area contributed by atoms with Crippen molar-refractivity contribution in [2.45, 2.75) is 219 Å². The van der Waals surface area contributed by atoms with Crippen LogP contribution in [0.3, 0.4) is 0 Å². The van der Waals surface area contributed by atoms with E-state index in [1.54, 1.807) is 6.08 Å². The number of amides is 1. The third-order valence-corrected chi connectivity index (χ3v) is 11.5. The van der Waals surface area contributed by atoms with Crippen molar-refractivity contribution in [3.8, 4) is 0 Å². The van der Waals surface area contributed by atoms with Gasteiger partial charge in [-0.2, -0.15) is 0 Å². The predicted molar refractivity (Wildman–Crippen MR) is 247 cm³/mol. The Morgan fingerprint density at radius 2 is 1.00 bits per heavy atom. The summed E-state index contributed by atoms with van der Waals surface area (Å²) < 4.78 is 23.1. The molecule has 0 fully saturated rings. The molecule has 0 saturated heterocycles. The van der Waals surface area contributed by atoms with Crippen molar-refractivity contribution in [2.75, 3.05) is 40.9 Å². The lowest BCUT2D eigenvalue weighted by atomic mass is 10.0. The monoisotopic (exact) mass is 837 g/mol. The van der Waals surface area contributed by atoms with Gasteiger partial charge in [0, 0.05) is 6.42 Å². The van der Waals surface area contributed by atoms with Gasteiger partial charge in [-0.25, -0.2) is 0 Å². The van der Waals surface area contributed by atoms with Gasteiger partial charge in [0.2, 0.25) is 5.91 Å². The smallest absolute Gasteiger partial charge is 0.268 e. The zero-order valence-electron chi connectivity index (χ0n) is 38.5. The molecule has 3 unspecified atom stereocenters. The van der Waals surface area contributed by atoms with Gasteiger partial charge in [0.1, 0.15) is 13.2 Å². The first kappa shape index (κ1) is 56.5. The summed E-state index contributed by atoms with van der Waals surface area (Å²) in [7, 11) is 1.25. The lowest BCUT2D eigenvalue weighted by Crippen LogP contribution is -2.45. The molecule has 8 nitrogen and oxygen atoms in total. The second kappa shape index (κ2) is 40.8. The molecule has 58 heavy (non-hydrogen) atoms. The van der Waals surface area contributed by atoms with Crippen LogP contribution in [0.2, 0.25) is 0 Å². The fraction of sp³-hybridized carbons (Fsp3) is 0.816. The number of aliphatic hydroxyl groups excluding tert-OH is 1. The van der Waals surface area contributed by atoms with Gasteiger partial charge in [0.25, 0.3) is 7.82 Å². The highest BCUT2D eigenvalue weighted by atomic mass is 31.2. The number of allylic oxidation sites excluding steroid dienone is 7. The van der Waals surface area contributed by atoms with Crippen molar-refractivity contribution in [3.05, 3.63) is 48.6 Å². The summed E-state index contributed by atoms with van der Waals surface area (Å²) in [5.74, 6) is -0.203. The van der Waals surface area contributed by atoms with E-state index >= 15 is 0 Å². The first-order valence-electron chi connectivity index (χ1n) is 24.0. The van der Waals surface area contributed by atoms with Crippen molar-refractivity contribution >= 4 is 13.7 Å². The van der Waals surface area contributed by atoms with E-state index in [0.29, 0.717) is 17.4 Å². The second-order valence-corrected chi connectivity index (χ2v) is 18.9. The molecule has 340 valence electrons. The number of carbonyl (C=O) groups is 1. The van der Waals surface area contributed by atoms with E-state index in [-0.39, 0.29) is 19.1 Å². The molecule has 0 spiro atoms. The van der Waals surface area contributed by atoms with E-state index in [2.05, 4.69) is 55.6 Å². The molecule has 0 aromatic carbocycles. The van der Waals surface area contributed by atoms with Crippen LogP contribution in [0, 0.1) is 0 Å². The van der Waals surface area contributed by atoms with Crippen LogP contribution in [0.5, 0.6) is 0 Å². The Kier molecular flexibility index (Phi) is 39.8. The maximum atomic E-state index is 12.8. The third-order valence-electron chi connectivity index (χ3n) is 10.5. The fourth-order valence-corrected chi connectivity index (χ4v) is 7.41.